The van der Waals surface area contributed by atoms with E-state index in [4.69, 9.17) is 5.73 Å². The summed E-state index contributed by atoms with van der Waals surface area (Å²) in [6.45, 7) is 6.95. The zero-order valence-corrected chi connectivity index (χ0v) is 10.9. The number of hydrogen-bond donors (Lipinski definition) is 1. The Balaban J connectivity index is 2.40. The fourth-order valence-electron chi connectivity index (χ4n) is 2.78. The number of nitrogens with two attached hydrogens (primary N) is 1. The Hall–Kier alpha value is -0.0800. The standard InChI is InChI=1S/C13H28N2/c1-10(2)8-11(3)15(4)13-7-5-6-12(14)9-13/h10-13H,5-9,14H2,1-4H3. The van der Waals surface area contributed by atoms with Gasteiger partial charge in [0.25, 0.3) is 0 Å². The van der Waals surface area contributed by atoms with Crippen LogP contribution in [0.25, 0.3) is 0 Å². The van der Waals surface area contributed by atoms with Crippen LogP contribution in [0.1, 0.15) is 52.9 Å². The summed E-state index contributed by atoms with van der Waals surface area (Å²) in [5.74, 6) is 0.791. The quantitative estimate of drug-likeness (QED) is 0.776. The Morgan fingerprint density at radius 2 is 1.93 bits per heavy atom. The molecule has 1 saturated carbocycles. The molecule has 1 rings (SSSR count). The summed E-state index contributed by atoms with van der Waals surface area (Å²) in [7, 11) is 2.27. The van der Waals surface area contributed by atoms with Crippen molar-refractivity contribution in [2.75, 3.05) is 7.05 Å². The molecule has 2 nitrogen and oxygen atoms in total. The van der Waals surface area contributed by atoms with Gasteiger partial charge in [-0.05, 0) is 45.6 Å². The zero-order chi connectivity index (χ0) is 11.4. The summed E-state index contributed by atoms with van der Waals surface area (Å²) in [5, 5.41) is 0. The predicted molar refractivity (Wildman–Crippen MR) is 66.9 cm³/mol. The summed E-state index contributed by atoms with van der Waals surface area (Å²) in [5.41, 5.74) is 6.04. The van der Waals surface area contributed by atoms with Crippen LogP contribution in [-0.4, -0.2) is 30.1 Å². The minimum atomic E-state index is 0.442. The van der Waals surface area contributed by atoms with Crippen LogP contribution in [0, 0.1) is 5.92 Å². The van der Waals surface area contributed by atoms with Gasteiger partial charge in [-0.2, -0.15) is 0 Å². The first-order valence-electron chi connectivity index (χ1n) is 6.48. The molecular weight excluding hydrogens is 184 g/mol. The fraction of sp³-hybridized carbons (Fsp3) is 1.00. The van der Waals surface area contributed by atoms with Gasteiger partial charge in [0.2, 0.25) is 0 Å². The van der Waals surface area contributed by atoms with Gasteiger partial charge < -0.3 is 10.6 Å². The molecule has 0 amide bonds. The molecular formula is C13H28N2. The average molecular weight is 212 g/mol. The maximum absolute atomic E-state index is 6.04. The molecule has 1 aliphatic rings. The summed E-state index contributed by atoms with van der Waals surface area (Å²) in [4.78, 5) is 2.55. The second-order valence-corrected chi connectivity index (χ2v) is 5.72. The lowest BCUT2D eigenvalue weighted by molar-refractivity contribution is 0.125. The van der Waals surface area contributed by atoms with E-state index < -0.39 is 0 Å². The van der Waals surface area contributed by atoms with Crippen molar-refractivity contribution in [1.29, 1.82) is 0 Å². The summed E-state index contributed by atoms with van der Waals surface area (Å²) in [6, 6.07) is 1.86. The van der Waals surface area contributed by atoms with Gasteiger partial charge in [0.15, 0.2) is 0 Å². The number of rotatable bonds is 4. The van der Waals surface area contributed by atoms with Crippen LogP contribution in [0.4, 0.5) is 0 Å². The van der Waals surface area contributed by atoms with Crippen LogP contribution < -0.4 is 5.73 Å². The molecule has 0 radical (unpaired) electrons. The van der Waals surface area contributed by atoms with Gasteiger partial charge in [-0.15, -0.1) is 0 Å². The first-order valence-corrected chi connectivity index (χ1v) is 6.48. The molecule has 0 aromatic rings. The third kappa shape index (κ3) is 4.12. The molecule has 3 unspecified atom stereocenters. The number of hydrogen-bond acceptors (Lipinski definition) is 2. The molecule has 0 spiro atoms. The second-order valence-electron chi connectivity index (χ2n) is 5.72. The number of nitrogens with zero attached hydrogens (tertiary/aromatic N) is 1. The van der Waals surface area contributed by atoms with Gasteiger partial charge in [-0.3, -0.25) is 0 Å². The molecule has 0 aromatic carbocycles. The predicted octanol–water partition coefficient (Wildman–Crippen LogP) is 2.62. The van der Waals surface area contributed by atoms with Crippen LogP contribution in [-0.2, 0) is 0 Å². The molecule has 0 aromatic heterocycles. The van der Waals surface area contributed by atoms with Crippen molar-refractivity contribution in [1.82, 2.24) is 4.90 Å². The van der Waals surface area contributed by atoms with Crippen molar-refractivity contribution in [2.24, 2.45) is 11.7 Å². The van der Waals surface area contributed by atoms with E-state index in [1.54, 1.807) is 0 Å². The Morgan fingerprint density at radius 1 is 1.27 bits per heavy atom. The third-order valence-corrected chi connectivity index (χ3v) is 3.77. The second kappa shape index (κ2) is 5.86. The van der Waals surface area contributed by atoms with E-state index in [-0.39, 0.29) is 0 Å². The van der Waals surface area contributed by atoms with Crippen LogP contribution in [0.3, 0.4) is 0 Å². The van der Waals surface area contributed by atoms with Crippen LogP contribution in [0.2, 0.25) is 0 Å². The average Bonchev–Trinajstić information content (AvgIpc) is 2.15. The Bertz CT molecular complexity index is 179. The van der Waals surface area contributed by atoms with E-state index in [1.807, 2.05) is 0 Å². The first-order chi connectivity index (χ1) is 7.00. The molecule has 0 bridgehead atoms. The first kappa shape index (κ1) is 13.0. The third-order valence-electron chi connectivity index (χ3n) is 3.77. The van der Waals surface area contributed by atoms with Crippen molar-refractivity contribution < 1.29 is 0 Å². The molecule has 2 heteroatoms. The molecule has 1 fully saturated rings. The molecule has 1 aliphatic carbocycles. The van der Waals surface area contributed by atoms with E-state index >= 15 is 0 Å². The highest BCUT2D eigenvalue weighted by Gasteiger charge is 2.25. The van der Waals surface area contributed by atoms with Crippen molar-refractivity contribution in [2.45, 2.75) is 71.0 Å². The minimum absolute atomic E-state index is 0.442. The van der Waals surface area contributed by atoms with Crippen LogP contribution >= 0.6 is 0 Å². The molecule has 2 N–H and O–H groups in total. The molecule has 90 valence electrons. The van der Waals surface area contributed by atoms with Gasteiger partial charge in [0.1, 0.15) is 0 Å². The van der Waals surface area contributed by atoms with E-state index in [0.717, 1.165) is 12.0 Å². The molecule has 0 aliphatic heterocycles. The largest absolute Gasteiger partial charge is 0.328 e. The summed E-state index contributed by atoms with van der Waals surface area (Å²) < 4.78 is 0. The lowest BCUT2D eigenvalue weighted by atomic mass is 9.89. The zero-order valence-electron chi connectivity index (χ0n) is 10.9. The van der Waals surface area contributed by atoms with Crippen molar-refractivity contribution in [3.63, 3.8) is 0 Å². The fourth-order valence-corrected chi connectivity index (χ4v) is 2.78. The van der Waals surface area contributed by atoms with Gasteiger partial charge in [0, 0.05) is 18.1 Å². The Labute approximate surface area is 95.2 Å². The Morgan fingerprint density at radius 3 is 2.47 bits per heavy atom. The molecule has 0 heterocycles. The van der Waals surface area contributed by atoms with Crippen LogP contribution in [0.15, 0.2) is 0 Å². The van der Waals surface area contributed by atoms with Crippen molar-refractivity contribution in [3.05, 3.63) is 0 Å². The smallest absolute Gasteiger partial charge is 0.0110 e. The topological polar surface area (TPSA) is 29.3 Å². The van der Waals surface area contributed by atoms with E-state index in [0.29, 0.717) is 12.1 Å². The van der Waals surface area contributed by atoms with E-state index in [9.17, 15) is 0 Å². The monoisotopic (exact) mass is 212 g/mol. The van der Waals surface area contributed by atoms with E-state index in [2.05, 4.69) is 32.7 Å². The van der Waals surface area contributed by atoms with E-state index in [1.165, 1.54) is 32.1 Å². The van der Waals surface area contributed by atoms with Gasteiger partial charge in [-0.25, -0.2) is 0 Å². The maximum atomic E-state index is 6.04. The van der Waals surface area contributed by atoms with Crippen molar-refractivity contribution >= 4 is 0 Å². The maximum Gasteiger partial charge on any atom is 0.0110 e. The minimum Gasteiger partial charge on any atom is -0.328 e. The summed E-state index contributed by atoms with van der Waals surface area (Å²) >= 11 is 0. The lowest BCUT2D eigenvalue weighted by Gasteiger charge is -2.38. The normalized spacial score (nSPS) is 29.8. The highest BCUT2D eigenvalue weighted by Crippen LogP contribution is 2.24. The molecule has 3 atom stereocenters. The van der Waals surface area contributed by atoms with Gasteiger partial charge in [-0.1, -0.05) is 20.3 Å². The lowest BCUT2D eigenvalue weighted by Crippen LogP contribution is -2.44. The highest BCUT2D eigenvalue weighted by molar-refractivity contribution is 4.83. The summed E-state index contributed by atoms with van der Waals surface area (Å²) in [6.07, 6.45) is 6.36. The molecule has 15 heavy (non-hydrogen) atoms. The SMILES string of the molecule is CC(C)CC(C)N(C)C1CCCC(N)C1. The van der Waals surface area contributed by atoms with Gasteiger partial charge >= 0.3 is 0 Å². The Kier molecular flexibility index (Phi) is 5.07. The highest BCUT2D eigenvalue weighted by atomic mass is 15.2. The van der Waals surface area contributed by atoms with Crippen molar-refractivity contribution in [3.8, 4) is 0 Å². The van der Waals surface area contributed by atoms with Gasteiger partial charge in [0.05, 0.1) is 0 Å². The van der Waals surface area contributed by atoms with Crippen LogP contribution in [0.5, 0.6) is 0 Å². The molecule has 0 saturated heterocycles.